The predicted molar refractivity (Wildman–Crippen MR) is 93.3 cm³/mol. The van der Waals surface area contributed by atoms with Crippen LogP contribution >= 0.6 is 0 Å². The molecule has 2 aromatic carbocycles. The summed E-state index contributed by atoms with van der Waals surface area (Å²) in [6, 6.07) is 11.4. The summed E-state index contributed by atoms with van der Waals surface area (Å²) < 4.78 is 29.6. The summed E-state index contributed by atoms with van der Waals surface area (Å²) in [5.41, 5.74) is 0.677. The summed E-state index contributed by atoms with van der Waals surface area (Å²) in [5, 5.41) is 1.40. The standard InChI is InChI=1S/C19H20O4S/c1-23-16-5-4-12-8-14(3-2-13(12)9-16)19(20)15-10-17-6-7-18(11-15)24(17,21)22/h2-5,8-9,15,17-18H,6-7,10-11H2,1H3. The minimum Gasteiger partial charge on any atom is -0.497 e. The molecule has 2 aliphatic heterocycles. The second-order valence-corrected chi connectivity index (χ2v) is 9.38. The SMILES string of the molecule is COc1ccc2cc(C(=O)C3CC4CCC(C3)S4(=O)=O)ccc2c1. The minimum atomic E-state index is -2.99. The Kier molecular flexibility index (Phi) is 3.64. The summed E-state index contributed by atoms with van der Waals surface area (Å²) >= 11 is 0. The highest BCUT2D eigenvalue weighted by Crippen LogP contribution is 2.42. The molecule has 0 aromatic heterocycles. The quantitative estimate of drug-likeness (QED) is 0.801. The number of fused-ring (bicyclic) bond motifs is 3. The molecular weight excluding hydrogens is 324 g/mol. The van der Waals surface area contributed by atoms with E-state index in [2.05, 4.69) is 0 Å². The van der Waals surface area contributed by atoms with Crippen LogP contribution in [0.3, 0.4) is 0 Å². The van der Waals surface area contributed by atoms with Crippen LogP contribution in [0.4, 0.5) is 0 Å². The van der Waals surface area contributed by atoms with Crippen LogP contribution in [0.1, 0.15) is 36.0 Å². The monoisotopic (exact) mass is 344 g/mol. The van der Waals surface area contributed by atoms with Gasteiger partial charge in [-0.1, -0.05) is 18.2 Å². The van der Waals surface area contributed by atoms with Crippen LogP contribution in [-0.2, 0) is 9.84 Å². The van der Waals surface area contributed by atoms with Gasteiger partial charge in [-0.15, -0.1) is 0 Å². The van der Waals surface area contributed by atoms with Crippen LogP contribution in [0.2, 0.25) is 0 Å². The Bertz CT molecular complexity index is 896. The van der Waals surface area contributed by atoms with Gasteiger partial charge in [-0.2, -0.15) is 0 Å². The average molecular weight is 344 g/mol. The zero-order valence-electron chi connectivity index (χ0n) is 13.6. The van der Waals surface area contributed by atoms with E-state index in [0.29, 0.717) is 31.2 Å². The van der Waals surface area contributed by atoms with E-state index in [4.69, 9.17) is 4.74 Å². The van der Waals surface area contributed by atoms with Crippen LogP contribution in [0.5, 0.6) is 5.75 Å². The molecule has 4 rings (SSSR count). The lowest BCUT2D eigenvalue weighted by Crippen LogP contribution is -2.36. The molecule has 2 saturated heterocycles. The fourth-order valence-electron chi connectivity index (χ4n) is 4.16. The van der Waals surface area contributed by atoms with Gasteiger partial charge >= 0.3 is 0 Å². The third-order valence-corrected chi connectivity index (χ3v) is 8.25. The molecule has 2 heterocycles. The van der Waals surface area contributed by atoms with E-state index in [9.17, 15) is 13.2 Å². The van der Waals surface area contributed by atoms with Crippen molar-refractivity contribution in [1.82, 2.24) is 0 Å². The van der Waals surface area contributed by atoms with E-state index in [-0.39, 0.29) is 22.2 Å². The van der Waals surface area contributed by atoms with Crippen LogP contribution in [0.25, 0.3) is 10.8 Å². The van der Waals surface area contributed by atoms with Gasteiger partial charge in [-0.05, 0) is 54.7 Å². The molecule has 2 aliphatic rings. The summed E-state index contributed by atoms with van der Waals surface area (Å²) in [7, 11) is -1.36. The Morgan fingerprint density at radius 2 is 1.62 bits per heavy atom. The lowest BCUT2D eigenvalue weighted by Gasteiger charge is -2.27. The second kappa shape index (κ2) is 5.59. The van der Waals surface area contributed by atoms with Crippen LogP contribution < -0.4 is 4.74 Å². The van der Waals surface area contributed by atoms with Gasteiger partial charge in [0.15, 0.2) is 15.6 Å². The average Bonchev–Trinajstić information content (AvgIpc) is 2.78. The van der Waals surface area contributed by atoms with E-state index < -0.39 is 9.84 Å². The maximum absolute atomic E-state index is 12.9. The molecule has 2 fully saturated rings. The largest absolute Gasteiger partial charge is 0.497 e. The zero-order valence-corrected chi connectivity index (χ0v) is 14.4. The van der Waals surface area contributed by atoms with Crippen LogP contribution in [0, 0.1) is 5.92 Å². The van der Waals surface area contributed by atoms with E-state index in [1.165, 1.54) is 0 Å². The Hall–Kier alpha value is -1.88. The van der Waals surface area contributed by atoms with Crippen molar-refractivity contribution in [3.8, 4) is 5.75 Å². The molecule has 5 heteroatoms. The topological polar surface area (TPSA) is 60.4 Å². The van der Waals surface area contributed by atoms with Crippen molar-refractivity contribution < 1.29 is 17.9 Å². The number of sulfone groups is 1. The van der Waals surface area contributed by atoms with Gasteiger partial charge in [0.05, 0.1) is 17.6 Å². The summed E-state index contributed by atoms with van der Waals surface area (Å²) in [5.74, 6) is 0.705. The van der Waals surface area contributed by atoms with Gasteiger partial charge in [-0.3, -0.25) is 4.79 Å². The summed E-state index contributed by atoms with van der Waals surface area (Å²) in [6.07, 6.45) is 2.40. The smallest absolute Gasteiger partial charge is 0.166 e. The van der Waals surface area contributed by atoms with Gasteiger partial charge in [0.2, 0.25) is 0 Å². The van der Waals surface area contributed by atoms with Gasteiger partial charge in [-0.25, -0.2) is 8.42 Å². The fourth-order valence-corrected chi connectivity index (χ4v) is 6.64. The van der Waals surface area contributed by atoms with Crippen LogP contribution in [0.15, 0.2) is 36.4 Å². The molecule has 2 aromatic rings. The molecule has 0 aliphatic carbocycles. The molecule has 0 radical (unpaired) electrons. The molecular formula is C19H20O4S. The third kappa shape index (κ3) is 2.42. The van der Waals surface area contributed by atoms with E-state index in [1.807, 2.05) is 36.4 Å². The number of hydrogen-bond acceptors (Lipinski definition) is 4. The first-order valence-corrected chi connectivity index (χ1v) is 9.94. The number of carbonyl (C=O) groups excluding carboxylic acids is 1. The normalized spacial score (nSPS) is 28.0. The minimum absolute atomic E-state index is 0.0829. The molecule has 0 spiro atoms. The Balaban J connectivity index is 1.62. The number of ketones is 1. The molecule has 2 unspecified atom stereocenters. The van der Waals surface area contributed by atoms with E-state index >= 15 is 0 Å². The lowest BCUT2D eigenvalue weighted by molar-refractivity contribution is 0.0905. The lowest BCUT2D eigenvalue weighted by atomic mass is 9.89. The van der Waals surface area contributed by atoms with Crippen LogP contribution in [-0.4, -0.2) is 31.8 Å². The Morgan fingerprint density at radius 3 is 2.29 bits per heavy atom. The highest BCUT2D eigenvalue weighted by molar-refractivity contribution is 7.93. The second-order valence-electron chi connectivity index (χ2n) is 6.87. The van der Waals surface area contributed by atoms with Crippen molar-refractivity contribution in [2.45, 2.75) is 36.2 Å². The molecule has 0 N–H and O–H groups in total. The number of carbonyl (C=O) groups is 1. The number of benzene rings is 2. The molecule has 24 heavy (non-hydrogen) atoms. The van der Waals surface area contributed by atoms with Crippen molar-refractivity contribution in [3.05, 3.63) is 42.0 Å². The van der Waals surface area contributed by atoms with E-state index in [1.54, 1.807) is 7.11 Å². The van der Waals surface area contributed by atoms with Gasteiger partial charge in [0.1, 0.15) is 5.75 Å². The third-order valence-electron chi connectivity index (χ3n) is 5.54. The molecule has 2 bridgehead atoms. The molecule has 2 atom stereocenters. The number of Topliss-reactive ketones (excluding diaryl/α,β-unsaturated/α-hetero) is 1. The number of methoxy groups -OCH3 is 1. The predicted octanol–water partition coefficient (Wildman–Crippen LogP) is 3.39. The maximum Gasteiger partial charge on any atom is 0.166 e. The van der Waals surface area contributed by atoms with Crippen molar-refractivity contribution in [2.75, 3.05) is 7.11 Å². The molecule has 4 nitrogen and oxygen atoms in total. The Labute approximate surface area is 141 Å². The van der Waals surface area contributed by atoms with Crippen molar-refractivity contribution >= 4 is 26.4 Å². The summed E-state index contributed by atoms with van der Waals surface area (Å²) in [4.78, 5) is 12.9. The molecule has 126 valence electrons. The first kappa shape index (κ1) is 15.6. The van der Waals surface area contributed by atoms with Crippen molar-refractivity contribution in [3.63, 3.8) is 0 Å². The Morgan fingerprint density at radius 1 is 1.00 bits per heavy atom. The number of hydrogen-bond donors (Lipinski definition) is 0. The molecule has 0 saturated carbocycles. The van der Waals surface area contributed by atoms with E-state index in [0.717, 1.165) is 16.5 Å². The fraction of sp³-hybridized carbons (Fsp3) is 0.421. The number of ether oxygens (including phenoxy) is 1. The van der Waals surface area contributed by atoms with Crippen molar-refractivity contribution in [2.24, 2.45) is 5.92 Å². The first-order chi connectivity index (χ1) is 11.5. The van der Waals surface area contributed by atoms with Gasteiger partial charge < -0.3 is 4.74 Å². The number of rotatable bonds is 3. The molecule has 0 amide bonds. The zero-order chi connectivity index (χ0) is 16.9. The highest BCUT2D eigenvalue weighted by atomic mass is 32.2. The highest BCUT2D eigenvalue weighted by Gasteiger charge is 2.48. The maximum atomic E-state index is 12.9. The van der Waals surface area contributed by atoms with Crippen molar-refractivity contribution in [1.29, 1.82) is 0 Å². The van der Waals surface area contributed by atoms with Gasteiger partial charge in [0, 0.05) is 11.5 Å². The van der Waals surface area contributed by atoms with Gasteiger partial charge in [0.25, 0.3) is 0 Å². The first-order valence-electron chi connectivity index (χ1n) is 8.34. The summed E-state index contributed by atoms with van der Waals surface area (Å²) in [6.45, 7) is 0.